The zero-order valence-electron chi connectivity index (χ0n) is 11.0. The third-order valence-corrected chi connectivity index (χ3v) is 2.95. The second kappa shape index (κ2) is 7.02. The summed E-state index contributed by atoms with van der Waals surface area (Å²) in [7, 11) is 0. The van der Waals surface area contributed by atoms with Crippen LogP contribution in [0.25, 0.3) is 5.57 Å². The molecule has 0 radical (unpaired) electrons. The van der Waals surface area contributed by atoms with Crippen LogP contribution in [0.15, 0.2) is 35.5 Å². The van der Waals surface area contributed by atoms with Gasteiger partial charge in [-0.05, 0) is 42.5 Å². The first-order valence-corrected chi connectivity index (χ1v) is 6.20. The van der Waals surface area contributed by atoms with E-state index < -0.39 is 0 Å². The predicted octanol–water partition coefficient (Wildman–Crippen LogP) is 3.84. The smallest absolute Gasteiger partial charge is 0.0301 e. The molecule has 0 heterocycles. The number of rotatable bonds is 5. The second-order valence-electron chi connectivity index (χ2n) is 4.14. The van der Waals surface area contributed by atoms with Crippen LogP contribution < -0.4 is 5.73 Å². The van der Waals surface area contributed by atoms with Gasteiger partial charge in [0.05, 0.1) is 0 Å². The van der Waals surface area contributed by atoms with Crippen LogP contribution in [0, 0.1) is 0 Å². The number of hydrogen-bond donors (Lipinski definition) is 1. The van der Waals surface area contributed by atoms with Gasteiger partial charge in [-0.25, -0.2) is 0 Å². The minimum Gasteiger partial charge on any atom is -0.330 e. The van der Waals surface area contributed by atoms with Crippen molar-refractivity contribution >= 4 is 11.8 Å². The molecule has 0 bridgehead atoms. The quantitative estimate of drug-likeness (QED) is 0.770. The lowest BCUT2D eigenvalue weighted by molar-refractivity contribution is 0.771. The molecule has 1 aromatic rings. The summed E-state index contributed by atoms with van der Waals surface area (Å²) in [6.45, 7) is 6.92. The molecule has 0 aliphatic heterocycles. The normalized spacial score (nSPS) is 14.2. The minimum absolute atomic E-state index is 0. The van der Waals surface area contributed by atoms with Crippen molar-refractivity contribution in [2.75, 3.05) is 6.54 Å². The Kier molecular flexibility index (Phi) is 5.64. The maximum atomic E-state index is 5.77. The molecular formula is C15H24N2. The summed E-state index contributed by atoms with van der Waals surface area (Å²) in [5.41, 5.74) is 9.62. The van der Waals surface area contributed by atoms with Gasteiger partial charge in [0.15, 0.2) is 0 Å². The second-order valence-corrected chi connectivity index (χ2v) is 4.14. The van der Waals surface area contributed by atoms with Gasteiger partial charge in [-0.3, -0.25) is 4.99 Å². The Morgan fingerprint density at radius 2 is 2.18 bits per heavy atom. The number of hydrogen-bond acceptors (Lipinski definition) is 2. The Labute approximate surface area is 106 Å². The topological polar surface area (TPSA) is 38.4 Å². The molecule has 2 heteroatoms. The van der Waals surface area contributed by atoms with Crippen molar-refractivity contribution in [1.82, 2.24) is 0 Å². The van der Waals surface area contributed by atoms with Crippen molar-refractivity contribution < 1.29 is 1.43 Å². The van der Waals surface area contributed by atoms with Crippen LogP contribution >= 0.6 is 0 Å². The van der Waals surface area contributed by atoms with Crippen LogP contribution in [0.3, 0.4) is 0 Å². The average Bonchev–Trinajstić information content (AvgIpc) is 2.39. The van der Waals surface area contributed by atoms with Gasteiger partial charge in [0, 0.05) is 13.8 Å². The van der Waals surface area contributed by atoms with E-state index >= 15 is 0 Å². The Bertz CT molecular complexity index is 411. The molecule has 0 saturated carbocycles. The van der Waals surface area contributed by atoms with Gasteiger partial charge in [0.1, 0.15) is 0 Å². The van der Waals surface area contributed by atoms with Crippen LogP contribution in [-0.2, 0) is 0 Å². The van der Waals surface area contributed by atoms with E-state index in [2.05, 4.69) is 43.1 Å². The Hall–Kier alpha value is -1.41. The van der Waals surface area contributed by atoms with E-state index in [0.717, 1.165) is 6.42 Å². The standard InChI is InChI=1S/C15H22N2.H2/c1-4-13(11-17-5-2)15-9-7-6-8-14(15)12(3)10-16;/h5-9,11-12H,4,10,16H2,1-3H3;1H/b13-11+,17-5?;. The number of allylic oxidation sites excluding steroid dienone is 1. The number of nitrogens with zero attached hydrogens (tertiary/aromatic N) is 1. The molecule has 0 aliphatic rings. The fraction of sp³-hybridized carbons (Fsp3) is 0.400. The van der Waals surface area contributed by atoms with Gasteiger partial charge in [0.2, 0.25) is 0 Å². The van der Waals surface area contributed by atoms with E-state index in [4.69, 9.17) is 5.73 Å². The minimum atomic E-state index is 0. The Morgan fingerprint density at radius 3 is 2.76 bits per heavy atom. The lowest BCUT2D eigenvalue weighted by Gasteiger charge is -2.16. The molecule has 0 spiro atoms. The lowest BCUT2D eigenvalue weighted by atomic mass is 9.91. The van der Waals surface area contributed by atoms with E-state index in [-0.39, 0.29) is 1.43 Å². The molecule has 0 aliphatic carbocycles. The van der Waals surface area contributed by atoms with Crippen LogP contribution in [0.5, 0.6) is 0 Å². The van der Waals surface area contributed by atoms with E-state index in [1.54, 1.807) is 0 Å². The Morgan fingerprint density at radius 1 is 1.47 bits per heavy atom. The maximum absolute atomic E-state index is 5.77. The zero-order valence-corrected chi connectivity index (χ0v) is 11.0. The molecule has 1 rings (SSSR count). The molecular weight excluding hydrogens is 208 g/mol. The summed E-state index contributed by atoms with van der Waals surface area (Å²) in [6.07, 6.45) is 4.73. The summed E-state index contributed by atoms with van der Waals surface area (Å²) in [5.74, 6) is 0.381. The third kappa shape index (κ3) is 3.53. The van der Waals surface area contributed by atoms with Crippen LogP contribution in [-0.4, -0.2) is 12.8 Å². The van der Waals surface area contributed by atoms with E-state index in [1.165, 1.54) is 16.7 Å². The summed E-state index contributed by atoms with van der Waals surface area (Å²) in [4.78, 5) is 4.23. The fourth-order valence-corrected chi connectivity index (χ4v) is 1.86. The van der Waals surface area contributed by atoms with E-state index in [1.807, 2.05) is 19.3 Å². The van der Waals surface area contributed by atoms with Gasteiger partial charge in [0.25, 0.3) is 0 Å². The number of aliphatic imine (C=N–C) groups is 1. The lowest BCUT2D eigenvalue weighted by Crippen LogP contribution is -2.10. The summed E-state index contributed by atoms with van der Waals surface area (Å²) < 4.78 is 0. The van der Waals surface area contributed by atoms with Gasteiger partial charge in [-0.1, -0.05) is 38.1 Å². The summed E-state index contributed by atoms with van der Waals surface area (Å²) >= 11 is 0. The molecule has 0 aromatic heterocycles. The first-order chi connectivity index (χ1) is 8.24. The molecule has 0 fully saturated rings. The number of nitrogens with two attached hydrogens (primary N) is 1. The van der Waals surface area contributed by atoms with Gasteiger partial charge >= 0.3 is 0 Å². The highest BCUT2D eigenvalue weighted by Crippen LogP contribution is 2.27. The summed E-state index contributed by atoms with van der Waals surface area (Å²) in [6, 6.07) is 8.45. The maximum Gasteiger partial charge on any atom is 0.0301 e. The van der Waals surface area contributed by atoms with Gasteiger partial charge in [-0.2, -0.15) is 0 Å². The van der Waals surface area contributed by atoms with Crippen molar-refractivity contribution in [2.24, 2.45) is 10.7 Å². The molecule has 1 aromatic carbocycles. The number of benzene rings is 1. The van der Waals surface area contributed by atoms with Gasteiger partial charge in [-0.15, -0.1) is 0 Å². The van der Waals surface area contributed by atoms with Crippen LogP contribution in [0.2, 0.25) is 0 Å². The third-order valence-electron chi connectivity index (χ3n) is 2.95. The first-order valence-electron chi connectivity index (χ1n) is 6.20. The van der Waals surface area contributed by atoms with Crippen molar-refractivity contribution in [2.45, 2.75) is 33.1 Å². The van der Waals surface area contributed by atoms with E-state index in [0.29, 0.717) is 12.5 Å². The molecule has 0 saturated heterocycles. The first kappa shape index (κ1) is 13.7. The molecule has 2 nitrogen and oxygen atoms in total. The van der Waals surface area contributed by atoms with Crippen LogP contribution in [0.1, 0.15) is 45.7 Å². The highest BCUT2D eigenvalue weighted by atomic mass is 14.7. The Balaban J connectivity index is 0.00000289. The summed E-state index contributed by atoms with van der Waals surface area (Å²) in [5, 5.41) is 0. The highest BCUT2D eigenvalue weighted by molar-refractivity contribution is 5.70. The molecule has 94 valence electrons. The molecule has 17 heavy (non-hydrogen) atoms. The monoisotopic (exact) mass is 232 g/mol. The van der Waals surface area contributed by atoms with Crippen molar-refractivity contribution in [3.05, 3.63) is 41.6 Å². The highest BCUT2D eigenvalue weighted by Gasteiger charge is 2.10. The predicted molar refractivity (Wildman–Crippen MR) is 78.5 cm³/mol. The van der Waals surface area contributed by atoms with Crippen molar-refractivity contribution in [1.29, 1.82) is 0 Å². The van der Waals surface area contributed by atoms with Crippen molar-refractivity contribution in [3.8, 4) is 0 Å². The zero-order chi connectivity index (χ0) is 12.7. The fourth-order valence-electron chi connectivity index (χ4n) is 1.86. The van der Waals surface area contributed by atoms with E-state index in [9.17, 15) is 0 Å². The molecule has 0 amide bonds. The SMILES string of the molecule is CC=N/C=C(\CC)c1ccccc1C(C)CN.[HH]. The average molecular weight is 232 g/mol. The van der Waals surface area contributed by atoms with Crippen molar-refractivity contribution in [3.63, 3.8) is 0 Å². The molecule has 2 N–H and O–H groups in total. The molecule has 1 atom stereocenters. The van der Waals surface area contributed by atoms with Crippen LogP contribution in [0.4, 0.5) is 0 Å². The molecule has 1 unspecified atom stereocenters. The van der Waals surface area contributed by atoms with Gasteiger partial charge < -0.3 is 5.73 Å². The largest absolute Gasteiger partial charge is 0.330 e.